The second-order valence-corrected chi connectivity index (χ2v) is 9.43. The third-order valence-corrected chi connectivity index (χ3v) is 6.48. The van der Waals surface area contributed by atoms with Gasteiger partial charge in [-0.25, -0.2) is 4.98 Å². The van der Waals surface area contributed by atoms with E-state index in [2.05, 4.69) is 9.97 Å². The lowest BCUT2D eigenvalue weighted by Crippen LogP contribution is -2.18. The van der Waals surface area contributed by atoms with E-state index in [-0.39, 0.29) is 40.5 Å². The number of thioether (sulfide) groups is 1. The molecule has 0 saturated heterocycles. The molecule has 1 aliphatic rings. The van der Waals surface area contributed by atoms with Gasteiger partial charge in [0.2, 0.25) is 0 Å². The molecule has 1 atom stereocenters. The van der Waals surface area contributed by atoms with E-state index in [0.29, 0.717) is 23.9 Å². The summed E-state index contributed by atoms with van der Waals surface area (Å²) in [6.45, 7) is 0. The van der Waals surface area contributed by atoms with E-state index in [4.69, 9.17) is 4.74 Å². The Balaban J connectivity index is 1.49. The minimum atomic E-state index is -4.34. The minimum Gasteiger partial charge on any atom is -0.497 e. The van der Waals surface area contributed by atoms with Crippen LogP contribution in [0, 0.1) is 5.92 Å². The number of hydrogen-bond donors (Lipinski definition) is 1. The molecule has 0 spiro atoms. The molecule has 1 aromatic heterocycles. The Bertz CT molecular complexity index is 1200. The van der Waals surface area contributed by atoms with Gasteiger partial charge in [-0.3, -0.25) is 9.59 Å². The number of carbonyl (C=O) groups is 1. The molecule has 0 amide bonds. The number of carbonyl (C=O) groups excluding carboxylic acids is 1. The van der Waals surface area contributed by atoms with Crippen LogP contribution in [-0.2, 0) is 6.42 Å². The Morgan fingerprint density at radius 1 is 1.15 bits per heavy atom. The highest BCUT2D eigenvalue weighted by atomic mass is 32.2. The predicted molar refractivity (Wildman–Crippen MR) is 123 cm³/mol. The van der Waals surface area contributed by atoms with Crippen molar-refractivity contribution in [3.8, 4) is 5.75 Å². The van der Waals surface area contributed by atoms with Crippen LogP contribution in [0.15, 0.2) is 64.3 Å². The molecule has 1 fully saturated rings. The first-order chi connectivity index (χ1) is 16.2. The first-order valence-corrected chi connectivity index (χ1v) is 11.6. The predicted octanol–water partition coefficient (Wildman–Crippen LogP) is 5.75. The number of ketones is 1. The van der Waals surface area contributed by atoms with E-state index in [1.807, 2.05) is 12.1 Å². The lowest BCUT2D eigenvalue weighted by molar-refractivity contribution is -0.0328. The number of alkyl halides is 3. The zero-order valence-corrected chi connectivity index (χ0v) is 19.2. The third kappa shape index (κ3) is 6.50. The van der Waals surface area contributed by atoms with Gasteiger partial charge in [0.1, 0.15) is 17.3 Å². The average molecular weight is 489 g/mol. The number of rotatable bonds is 9. The molecule has 34 heavy (non-hydrogen) atoms. The Morgan fingerprint density at radius 2 is 1.82 bits per heavy atom. The number of benzene rings is 2. The lowest BCUT2D eigenvalue weighted by atomic mass is 9.88. The largest absolute Gasteiger partial charge is 0.497 e. The van der Waals surface area contributed by atoms with Gasteiger partial charge < -0.3 is 9.72 Å². The second kappa shape index (κ2) is 10.0. The van der Waals surface area contributed by atoms with Crippen molar-refractivity contribution in [2.75, 3.05) is 7.11 Å². The number of aromatic amines is 1. The van der Waals surface area contributed by atoms with E-state index >= 15 is 0 Å². The standard InChI is InChI=1S/C25H23F3N2O3S/c1-33-18-8-2-15(3-9-18)12-23-29-21(14-24(32)30-23)22(31)13-20(16-4-5-16)17-6-10-19(11-7-17)34-25(26,27)28/h2-3,6-11,14,16,20H,4-5,12-13H2,1H3,(H,29,30,32)/t20-/m1/s1. The van der Waals surface area contributed by atoms with Crippen molar-refractivity contribution < 1.29 is 22.7 Å². The number of aromatic nitrogens is 2. The fourth-order valence-corrected chi connectivity index (χ4v) is 4.49. The molecule has 0 radical (unpaired) electrons. The van der Waals surface area contributed by atoms with Crippen molar-refractivity contribution in [2.45, 2.75) is 42.0 Å². The highest BCUT2D eigenvalue weighted by Crippen LogP contribution is 2.45. The van der Waals surface area contributed by atoms with Crippen LogP contribution in [0.25, 0.3) is 0 Å². The number of H-pyrrole nitrogens is 1. The highest BCUT2D eigenvalue weighted by Gasteiger charge is 2.35. The zero-order valence-electron chi connectivity index (χ0n) is 18.4. The number of ether oxygens (including phenoxy) is 1. The maximum Gasteiger partial charge on any atom is 0.446 e. The number of halogens is 3. The van der Waals surface area contributed by atoms with E-state index in [9.17, 15) is 22.8 Å². The van der Waals surface area contributed by atoms with Crippen LogP contribution in [0.4, 0.5) is 13.2 Å². The van der Waals surface area contributed by atoms with Crippen molar-refractivity contribution in [1.82, 2.24) is 9.97 Å². The molecule has 1 saturated carbocycles. The van der Waals surface area contributed by atoms with Crippen LogP contribution >= 0.6 is 11.8 Å². The summed E-state index contributed by atoms with van der Waals surface area (Å²) in [5.41, 5.74) is -2.92. The molecule has 0 bridgehead atoms. The summed E-state index contributed by atoms with van der Waals surface area (Å²) in [6.07, 6.45) is 2.42. The summed E-state index contributed by atoms with van der Waals surface area (Å²) in [5.74, 6) is 1.02. The average Bonchev–Trinajstić information content (AvgIpc) is 3.62. The van der Waals surface area contributed by atoms with Crippen LogP contribution in [0.1, 0.15) is 52.6 Å². The number of nitrogens with zero attached hydrogens (tertiary/aromatic N) is 1. The van der Waals surface area contributed by atoms with Crippen LogP contribution in [0.5, 0.6) is 5.75 Å². The quantitative estimate of drug-likeness (QED) is 0.307. The van der Waals surface area contributed by atoms with Gasteiger partial charge >= 0.3 is 5.51 Å². The Hall–Kier alpha value is -3.07. The molecule has 178 valence electrons. The summed E-state index contributed by atoms with van der Waals surface area (Å²) < 4.78 is 43.0. The van der Waals surface area contributed by atoms with Crippen molar-refractivity contribution in [1.29, 1.82) is 0 Å². The molecular formula is C25H23F3N2O3S. The maximum atomic E-state index is 13.1. The van der Waals surface area contributed by atoms with Gasteiger partial charge in [0.15, 0.2) is 5.78 Å². The second-order valence-electron chi connectivity index (χ2n) is 8.29. The Labute approximate surface area is 198 Å². The summed E-state index contributed by atoms with van der Waals surface area (Å²) in [6, 6.07) is 14.7. The third-order valence-electron chi connectivity index (χ3n) is 5.75. The molecule has 0 aliphatic heterocycles. The summed E-state index contributed by atoms with van der Waals surface area (Å²) in [4.78, 5) is 32.4. The fraction of sp³-hybridized carbons (Fsp3) is 0.320. The van der Waals surface area contributed by atoms with Gasteiger partial charge in [-0.05, 0) is 71.8 Å². The van der Waals surface area contributed by atoms with Crippen LogP contribution in [0.2, 0.25) is 0 Å². The van der Waals surface area contributed by atoms with E-state index in [1.165, 1.54) is 18.2 Å². The first-order valence-electron chi connectivity index (χ1n) is 10.8. The van der Waals surface area contributed by atoms with Crippen LogP contribution in [-0.4, -0.2) is 28.4 Å². The van der Waals surface area contributed by atoms with Gasteiger partial charge in [0.25, 0.3) is 5.56 Å². The molecular weight excluding hydrogens is 465 g/mol. The SMILES string of the molecule is COc1ccc(Cc2nc(C(=O)C[C@@H](c3ccc(SC(F)(F)F)cc3)C3CC3)cc(=O)[nH]2)cc1. The number of methoxy groups -OCH3 is 1. The van der Waals surface area contributed by atoms with E-state index in [1.54, 1.807) is 31.4 Å². The molecule has 5 nitrogen and oxygen atoms in total. The summed E-state index contributed by atoms with van der Waals surface area (Å²) >= 11 is -0.160. The van der Waals surface area contributed by atoms with Gasteiger partial charge in [0.05, 0.1) is 7.11 Å². The van der Waals surface area contributed by atoms with Crippen molar-refractivity contribution in [3.63, 3.8) is 0 Å². The molecule has 9 heteroatoms. The molecule has 1 aliphatic carbocycles. The topological polar surface area (TPSA) is 72.0 Å². The van der Waals surface area contributed by atoms with Crippen molar-refractivity contribution in [3.05, 3.63) is 87.6 Å². The fourth-order valence-electron chi connectivity index (χ4n) is 3.95. The number of nitrogens with one attached hydrogen (secondary N) is 1. The lowest BCUT2D eigenvalue weighted by Gasteiger charge is -2.17. The van der Waals surface area contributed by atoms with Crippen molar-refractivity contribution >= 4 is 17.5 Å². The molecule has 0 unspecified atom stereocenters. The van der Waals surface area contributed by atoms with Crippen LogP contribution < -0.4 is 10.3 Å². The van der Waals surface area contributed by atoms with E-state index < -0.39 is 11.1 Å². The highest BCUT2D eigenvalue weighted by molar-refractivity contribution is 8.00. The summed E-state index contributed by atoms with van der Waals surface area (Å²) in [5, 5.41) is 0. The number of Topliss-reactive ketones (excluding diaryl/α,β-unsaturated/α-hetero) is 1. The molecule has 1 heterocycles. The molecule has 4 rings (SSSR count). The minimum absolute atomic E-state index is 0.0992. The van der Waals surface area contributed by atoms with Gasteiger partial charge in [0, 0.05) is 23.8 Å². The maximum absolute atomic E-state index is 13.1. The zero-order chi connectivity index (χ0) is 24.3. The monoisotopic (exact) mass is 488 g/mol. The molecule has 3 aromatic rings. The Kier molecular flexibility index (Phi) is 7.11. The molecule has 2 aromatic carbocycles. The van der Waals surface area contributed by atoms with E-state index in [0.717, 1.165) is 24.0 Å². The van der Waals surface area contributed by atoms with Gasteiger partial charge in [-0.15, -0.1) is 0 Å². The summed E-state index contributed by atoms with van der Waals surface area (Å²) in [7, 11) is 1.58. The van der Waals surface area contributed by atoms with Gasteiger partial charge in [-0.1, -0.05) is 24.3 Å². The molecule has 1 N–H and O–H groups in total. The van der Waals surface area contributed by atoms with Crippen LogP contribution in [0.3, 0.4) is 0 Å². The van der Waals surface area contributed by atoms with Crippen molar-refractivity contribution in [2.24, 2.45) is 5.92 Å². The number of hydrogen-bond acceptors (Lipinski definition) is 5. The Morgan fingerprint density at radius 3 is 2.41 bits per heavy atom. The normalized spacial score (nSPS) is 14.6. The first kappa shape index (κ1) is 24.1. The van der Waals surface area contributed by atoms with Gasteiger partial charge in [-0.2, -0.15) is 13.2 Å². The smallest absolute Gasteiger partial charge is 0.446 e.